The van der Waals surface area contributed by atoms with Gasteiger partial charge in [0.15, 0.2) is 0 Å². The van der Waals surface area contributed by atoms with Gasteiger partial charge in [0.05, 0.1) is 6.54 Å². The Hall–Kier alpha value is -1.85. The second-order valence-electron chi connectivity index (χ2n) is 3.97. The van der Waals surface area contributed by atoms with Gasteiger partial charge in [0, 0.05) is 25.2 Å². The van der Waals surface area contributed by atoms with Gasteiger partial charge < -0.3 is 15.5 Å². The van der Waals surface area contributed by atoms with Gasteiger partial charge in [-0.05, 0) is 13.8 Å². The van der Waals surface area contributed by atoms with Crippen molar-refractivity contribution >= 4 is 17.5 Å². The average Bonchev–Trinajstić information content (AvgIpc) is 2.32. The molecule has 92 valence electrons. The van der Waals surface area contributed by atoms with Gasteiger partial charge in [0.1, 0.15) is 18.0 Å². The third kappa shape index (κ3) is 2.46. The van der Waals surface area contributed by atoms with Crippen molar-refractivity contribution in [3.63, 3.8) is 0 Å². The summed E-state index contributed by atoms with van der Waals surface area (Å²) >= 11 is 0. The van der Waals surface area contributed by atoms with Crippen molar-refractivity contribution in [3.05, 3.63) is 11.9 Å². The molecule has 0 radical (unpaired) electrons. The lowest BCUT2D eigenvalue weighted by atomic mass is 10.2. The monoisotopic (exact) mass is 235 g/mol. The molecular weight excluding hydrogens is 218 g/mol. The number of aromatic nitrogens is 2. The van der Waals surface area contributed by atoms with E-state index in [9.17, 15) is 4.79 Å². The van der Waals surface area contributed by atoms with E-state index in [0.717, 1.165) is 30.3 Å². The number of rotatable bonds is 3. The number of nitrogens with zero attached hydrogens (tertiary/aromatic N) is 3. The average molecular weight is 235 g/mol. The Labute approximate surface area is 100 Å². The van der Waals surface area contributed by atoms with Gasteiger partial charge in [-0.15, -0.1) is 0 Å². The Balaban J connectivity index is 2.25. The molecule has 1 aliphatic rings. The van der Waals surface area contributed by atoms with Crippen molar-refractivity contribution in [3.8, 4) is 0 Å². The maximum absolute atomic E-state index is 11.4. The van der Waals surface area contributed by atoms with Crippen LogP contribution < -0.4 is 15.5 Å². The molecule has 0 aromatic carbocycles. The first-order valence-electron chi connectivity index (χ1n) is 5.79. The Morgan fingerprint density at radius 2 is 2.35 bits per heavy atom. The summed E-state index contributed by atoms with van der Waals surface area (Å²) in [6.45, 7) is 6.63. The van der Waals surface area contributed by atoms with Gasteiger partial charge in [-0.25, -0.2) is 9.97 Å². The third-order valence-corrected chi connectivity index (χ3v) is 2.74. The second kappa shape index (κ2) is 4.99. The fourth-order valence-electron chi connectivity index (χ4n) is 1.92. The number of carbonyl (C=O) groups is 1. The maximum atomic E-state index is 11.4. The van der Waals surface area contributed by atoms with Crippen LogP contribution in [-0.4, -0.2) is 42.1 Å². The van der Waals surface area contributed by atoms with Crippen LogP contribution in [0.3, 0.4) is 0 Å². The molecule has 1 aliphatic heterocycles. The smallest absolute Gasteiger partial charge is 0.239 e. The summed E-state index contributed by atoms with van der Waals surface area (Å²) in [4.78, 5) is 21.8. The highest BCUT2D eigenvalue weighted by atomic mass is 16.2. The number of carbonyl (C=O) groups excluding carboxylic acids is 1. The molecule has 1 fully saturated rings. The van der Waals surface area contributed by atoms with E-state index in [4.69, 9.17) is 0 Å². The summed E-state index contributed by atoms with van der Waals surface area (Å²) in [7, 11) is 0. The van der Waals surface area contributed by atoms with Crippen molar-refractivity contribution in [2.45, 2.75) is 13.8 Å². The van der Waals surface area contributed by atoms with Gasteiger partial charge in [0.2, 0.25) is 5.91 Å². The highest BCUT2D eigenvalue weighted by molar-refractivity contribution is 5.82. The number of piperazine rings is 1. The molecule has 0 spiro atoms. The molecule has 1 saturated heterocycles. The fraction of sp³-hybridized carbons (Fsp3) is 0.545. The zero-order valence-electron chi connectivity index (χ0n) is 10.2. The highest BCUT2D eigenvalue weighted by Gasteiger charge is 2.20. The van der Waals surface area contributed by atoms with Crippen molar-refractivity contribution < 1.29 is 4.79 Å². The molecule has 0 unspecified atom stereocenters. The Morgan fingerprint density at radius 1 is 1.53 bits per heavy atom. The quantitative estimate of drug-likeness (QED) is 0.780. The van der Waals surface area contributed by atoms with Gasteiger partial charge in [0.25, 0.3) is 0 Å². The van der Waals surface area contributed by atoms with Crippen molar-refractivity contribution in [2.75, 3.05) is 36.4 Å². The molecular formula is C11H17N5O. The zero-order chi connectivity index (χ0) is 12.3. The first kappa shape index (κ1) is 11.6. The van der Waals surface area contributed by atoms with E-state index in [1.165, 1.54) is 6.33 Å². The highest BCUT2D eigenvalue weighted by Crippen LogP contribution is 2.22. The summed E-state index contributed by atoms with van der Waals surface area (Å²) in [6, 6.07) is 0. The van der Waals surface area contributed by atoms with Crippen LogP contribution in [0, 0.1) is 6.92 Å². The van der Waals surface area contributed by atoms with E-state index in [-0.39, 0.29) is 5.91 Å². The molecule has 6 heteroatoms. The molecule has 17 heavy (non-hydrogen) atoms. The van der Waals surface area contributed by atoms with Crippen molar-refractivity contribution in [2.24, 2.45) is 0 Å². The van der Waals surface area contributed by atoms with Crippen LogP contribution in [0.15, 0.2) is 6.33 Å². The van der Waals surface area contributed by atoms with Crippen LogP contribution in [0.4, 0.5) is 11.6 Å². The molecule has 2 rings (SSSR count). The van der Waals surface area contributed by atoms with E-state index in [1.54, 1.807) is 0 Å². The molecule has 0 aliphatic carbocycles. The molecule has 0 atom stereocenters. The van der Waals surface area contributed by atoms with Crippen molar-refractivity contribution in [1.82, 2.24) is 15.3 Å². The minimum atomic E-state index is 0.0410. The predicted molar refractivity (Wildman–Crippen MR) is 66.2 cm³/mol. The standard InChI is InChI=1S/C11H17N5O/c1-3-12-10-8(2)11(15-7-14-10)16-5-4-13-9(17)6-16/h7H,3-6H2,1-2H3,(H,13,17)(H,12,14,15). The Kier molecular flexibility index (Phi) is 3.41. The fourth-order valence-corrected chi connectivity index (χ4v) is 1.92. The predicted octanol–water partition coefficient (Wildman–Crippen LogP) is 0.153. The summed E-state index contributed by atoms with van der Waals surface area (Å²) < 4.78 is 0. The van der Waals surface area contributed by atoms with Crippen molar-refractivity contribution in [1.29, 1.82) is 0 Å². The second-order valence-corrected chi connectivity index (χ2v) is 3.97. The number of amides is 1. The normalized spacial score (nSPS) is 15.6. The first-order chi connectivity index (χ1) is 8.22. The summed E-state index contributed by atoms with van der Waals surface area (Å²) in [5, 5.41) is 5.99. The lowest BCUT2D eigenvalue weighted by Crippen LogP contribution is -2.48. The SMILES string of the molecule is CCNc1ncnc(N2CCNC(=O)C2)c1C. The Morgan fingerprint density at radius 3 is 3.06 bits per heavy atom. The molecule has 2 N–H and O–H groups in total. The van der Waals surface area contributed by atoms with Crippen LogP contribution in [0.25, 0.3) is 0 Å². The van der Waals surface area contributed by atoms with Gasteiger partial charge in [-0.3, -0.25) is 4.79 Å². The van der Waals surface area contributed by atoms with Gasteiger partial charge in [-0.2, -0.15) is 0 Å². The summed E-state index contributed by atoms with van der Waals surface area (Å²) in [5.74, 6) is 1.72. The molecule has 0 saturated carbocycles. The summed E-state index contributed by atoms with van der Waals surface area (Å²) in [5.41, 5.74) is 0.990. The molecule has 1 aromatic rings. The van der Waals surface area contributed by atoms with Crippen LogP contribution in [-0.2, 0) is 4.79 Å². The molecule has 2 heterocycles. The lowest BCUT2D eigenvalue weighted by molar-refractivity contribution is -0.120. The van der Waals surface area contributed by atoms with E-state index in [0.29, 0.717) is 13.1 Å². The van der Waals surface area contributed by atoms with Gasteiger partial charge >= 0.3 is 0 Å². The van der Waals surface area contributed by atoms with Crippen LogP contribution >= 0.6 is 0 Å². The van der Waals surface area contributed by atoms with E-state index in [1.807, 2.05) is 18.7 Å². The molecule has 1 amide bonds. The summed E-state index contributed by atoms with van der Waals surface area (Å²) in [6.07, 6.45) is 1.53. The zero-order valence-corrected chi connectivity index (χ0v) is 10.2. The van der Waals surface area contributed by atoms with E-state index >= 15 is 0 Å². The molecule has 1 aromatic heterocycles. The first-order valence-corrected chi connectivity index (χ1v) is 5.79. The minimum Gasteiger partial charge on any atom is -0.370 e. The number of nitrogens with one attached hydrogen (secondary N) is 2. The molecule has 0 bridgehead atoms. The van der Waals surface area contributed by atoms with Crippen LogP contribution in [0.5, 0.6) is 0 Å². The largest absolute Gasteiger partial charge is 0.370 e. The topological polar surface area (TPSA) is 70.2 Å². The number of hydrogen-bond acceptors (Lipinski definition) is 5. The molecule has 6 nitrogen and oxygen atoms in total. The number of anilines is 2. The third-order valence-electron chi connectivity index (χ3n) is 2.74. The van der Waals surface area contributed by atoms with E-state index in [2.05, 4.69) is 20.6 Å². The number of hydrogen-bond donors (Lipinski definition) is 2. The maximum Gasteiger partial charge on any atom is 0.239 e. The van der Waals surface area contributed by atoms with E-state index < -0.39 is 0 Å². The lowest BCUT2D eigenvalue weighted by Gasteiger charge is -2.29. The minimum absolute atomic E-state index is 0.0410. The van der Waals surface area contributed by atoms with Crippen LogP contribution in [0.1, 0.15) is 12.5 Å². The van der Waals surface area contributed by atoms with Gasteiger partial charge in [-0.1, -0.05) is 0 Å². The Bertz CT molecular complexity index is 420. The van der Waals surface area contributed by atoms with Crippen LogP contribution in [0.2, 0.25) is 0 Å².